The van der Waals surface area contributed by atoms with Gasteiger partial charge >= 0.3 is 0 Å². The molecule has 0 radical (unpaired) electrons. The van der Waals surface area contributed by atoms with Crippen LogP contribution < -0.4 is 10.6 Å². The van der Waals surface area contributed by atoms with Gasteiger partial charge in [-0.05, 0) is 55.3 Å². The van der Waals surface area contributed by atoms with Gasteiger partial charge in [0, 0.05) is 50.3 Å². The van der Waals surface area contributed by atoms with Gasteiger partial charge in [0.15, 0.2) is 0 Å². The predicted octanol–water partition coefficient (Wildman–Crippen LogP) is 2.67. The summed E-state index contributed by atoms with van der Waals surface area (Å²) < 4.78 is 56.1. The SMILES string of the molecule is CN1C(=N)N[C@](C)(c2cc(NC(=O)c3ccc(F)cn3)ccc2F)[C@@]2(CCN(Cc3cccnc3)C2)S1(=O)=O. The highest BCUT2D eigenvalue weighted by atomic mass is 32.2. The molecule has 2 aliphatic rings. The Bertz CT molecular complexity index is 1540. The largest absolute Gasteiger partial charge is 0.345 e. The van der Waals surface area contributed by atoms with Gasteiger partial charge in [-0.25, -0.2) is 26.5 Å². The minimum Gasteiger partial charge on any atom is -0.345 e. The van der Waals surface area contributed by atoms with Crippen LogP contribution in [0.3, 0.4) is 0 Å². The topological polar surface area (TPSA) is 131 Å². The van der Waals surface area contributed by atoms with Crippen molar-refractivity contribution >= 4 is 27.6 Å². The second kappa shape index (κ2) is 9.65. The maximum absolute atomic E-state index is 15.6. The Labute approximate surface area is 224 Å². The standard InChI is InChI=1S/C26H27F2N7O3S/c1-25(20-12-19(6-7-21(20)28)32-23(36)22-8-5-18(27)14-31-22)26(39(37,38)34(2)24(29)33-25)9-11-35(16-26)15-17-4-3-10-30-13-17/h3-8,10,12-14H,9,11,15-16H2,1-2H3,(H2,29,33)(H,32,36)/t25-,26+/m1/s1. The fourth-order valence-corrected chi connectivity index (χ4v) is 7.62. The third-order valence-electron chi connectivity index (χ3n) is 7.61. The number of hydrogen-bond acceptors (Lipinski definition) is 7. The number of guanidine groups is 1. The lowest BCUT2D eigenvalue weighted by Crippen LogP contribution is -2.74. The number of anilines is 1. The summed E-state index contributed by atoms with van der Waals surface area (Å²) in [5.74, 6) is -2.33. The molecule has 1 aromatic carbocycles. The van der Waals surface area contributed by atoms with Gasteiger partial charge in [0.25, 0.3) is 5.91 Å². The number of halogens is 2. The molecular weight excluding hydrogens is 528 g/mol. The Kier molecular flexibility index (Phi) is 6.59. The molecule has 39 heavy (non-hydrogen) atoms. The van der Waals surface area contributed by atoms with Crippen molar-refractivity contribution in [1.82, 2.24) is 24.5 Å². The van der Waals surface area contributed by atoms with E-state index in [1.165, 1.54) is 25.2 Å². The molecule has 5 rings (SSSR count). The summed E-state index contributed by atoms with van der Waals surface area (Å²) in [5.41, 5.74) is -0.541. The molecule has 2 aromatic heterocycles. The van der Waals surface area contributed by atoms with Crippen molar-refractivity contribution < 1.29 is 22.0 Å². The summed E-state index contributed by atoms with van der Waals surface area (Å²) in [6.45, 7) is 2.51. The molecule has 2 fully saturated rings. The first-order valence-electron chi connectivity index (χ1n) is 12.2. The summed E-state index contributed by atoms with van der Waals surface area (Å²) in [4.78, 5) is 22.5. The molecule has 0 bridgehead atoms. The third-order valence-corrected chi connectivity index (χ3v) is 10.2. The molecule has 13 heteroatoms. The van der Waals surface area contributed by atoms with Gasteiger partial charge in [0.2, 0.25) is 16.0 Å². The summed E-state index contributed by atoms with van der Waals surface area (Å²) in [5, 5.41) is 14.0. The number of likely N-dealkylation sites (tertiary alicyclic amines) is 1. The molecular formula is C26H27F2N7O3S. The highest BCUT2D eigenvalue weighted by Crippen LogP contribution is 2.49. The van der Waals surface area contributed by atoms with Crippen LogP contribution in [0.5, 0.6) is 0 Å². The molecule has 3 N–H and O–H groups in total. The second-order valence-corrected chi connectivity index (χ2v) is 12.2. The van der Waals surface area contributed by atoms with Crippen LogP contribution >= 0.6 is 0 Å². The zero-order chi connectivity index (χ0) is 28.0. The number of benzene rings is 1. The minimum absolute atomic E-state index is 0.0166. The summed E-state index contributed by atoms with van der Waals surface area (Å²) in [6, 6.07) is 9.86. The molecule has 10 nitrogen and oxygen atoms in total. The Hall–Kier alpha value is -3.97. The quantitative estimate of drug-likeness (QED) is 0.441. The van der Waals surface area contributed by atoms with Crippen molar-refractivity contribution in [1.29, 1.82) is 5.41 Å². The van der Waals surface area contributed by atoms with E-state index in [0.717, 1.165) is 28.2 Å². The number of pyridine rings is 2. The number of hydrogen-bond donors (Lipinski definition) is 3. The molecule has 204 valence electrons. The van der Waals surface area contributed by atoms with Crippen LogP contribution in [-0.2, 0) is 22.1 Å². The lowest BCUT2D eigenvalue weighted by Gasteiger charge is -2.52. The Morgan fingerprint density at radius 2 is 2.00 bits per heavy atom. The van der Waals surface area contributed by atoms with E-state index in [0.29, 0.717) is 13.1 Å². The number of amides is 1. The van der Waals surface area contributed by atoms with Crippen LogP contribution in [0.4, 0.5) is 14.5 Å². The van der Waals surface area contributed by atoms with E-state index >= 15 is 4.39 Å². The molecule has 2 atom stereocenters. The second-order valence-electron chi connectivity index (χ2n) is 9.90. The summed E-state index contributed by atoms with van der Waals surface area (Å²) in [6.07, 6.45) is 4.45. The van der Waals surface area contributed by atoms with Crippen LogP contribution in [-0.4, -0.2) is 64.3 Å². The van der Waals surface area contributed by atoms with E-state index in [1.807, 2.05) is 11.0 Å². The Morgan fingerprint density at radius 3 is 2.69 bits per heavy atom. The van der Waals surface area contributed by atoms with Crippen molar-refractivity contribution in [3.05, 3.63) is 89.5 Å². The molecule has 1 amide bonds. The Morgan fingerprint density at radius 1 is 1.21 bits per heavy atom. The lowest BCUT2D eigenvalue weighted by atomic mass is 9.77. The zero-order valence-electron chi connectivity index (χ0n) is 21.3. The first kappa shape index (κ1) is 26.6. The lowest BCUT2D eigenvalue weighted by molar-refractivity contribution is 0.102. The van der Waals surface area contributed by atoms with Gasteiger partial charge in [-0.3, -0.25) is 20.1 Å². The van der Waals surface area contributed by atoms with Crippen molar-refractivity contribution in [3.8, 4) is 0 Å². The van der Waals surface area contributed by atoms with E-state index in [2.05, 4.69) is 20.6 Å². The number of aromatic nitrogens is 2. The molecule has 4 heterocycles. The number of sulfonamides is 1. The highest BCUT2D eigenvalue weighted by molar-refractivity contribution is 7.91. The van der Waals surface area contributed by atoms with E-state index in [1.54, 1.807) is 25.4 Å². The van der Waals surface area contributed by atoms with Crippen LogP contribution in [0.25, 0.3) is 0 Å². The monoisotopic (exact) mass is 555 g/mol. The molecule has 0 aliphatic carbocycles. The van der Waals surface area contributed by atoms with Gasteiger partial charge < -0.3 is 10.6 Å². The van der Waals surface area contributed by atoms with Crippen molar-refractivity contribution in [2.24, 2.45) is 0 Å². The van der Waals surface area contributed by atoms with Crippen LogP contribution in [0, 0.1) is 17.0 Å². The van der Waals surface area contributed by atoms with E-state index in [4.69, 9.17) is 5.41 Å². The molecule has 2 saturated heterocycles. The molecule has 3 aromatic rings. The van der Waals surface area contributed by atoms with E-state index in [9.17, 15) is 17.6 Å². The van der Waals surface area contributed by atoms with Gasteiger partial charge in [-0.2, -0.15) is 0 Å². The number of nitrogens with zero attached hydrogens (tertiary/aromatic N) is 4. The molecule has 0 unspecified atom stereocenters. The van der Waals surface area contributed by atoms with Crippen molar-refractivity contribution in [3.63, 3.8) is 0 Å². The van der Waals surface area contributed by atoms with Crippen molar-refractivity contribution in [2.75, 3.05) is 25.5 Å². The zero-order valence-corrected chi connectivity index (χ0v) is 22.1. The van der Waals surface area contributed by atoms with Gasteiger partial charge in [0.1, 0.15) is 22.1 Å². The summed E-state index contributed by atoms with van der Waals surface area (Å²) in [7, 11) is -2.84. The minimum atomic E-state index is -4.14. The maximum Gasteiger partial charge on any atom is 0.274 e. The smallest absolute Gasteiger partial charge is 0.274 e. The average molecular weight is 556 g/mol. The number of carbonyl (C=O) groups is 1. The van der Waals surface area contributed by atoms with Crippen molar-refractivity contribution in [2.45, 2.75) is 30.2 Å². The predicted molar refractivity (Wildman–Crippen MR) is 140 cm³/mol. The van der Waals surface area contributed by atoms with E-state index in [-0.39, 0.29) is 29.9 Å². The van der Waals surface area contributed by atoms with Gasteiger partial charge in [0.05, 0.1) is 11.7 Å². The third kappa shape index (κ3) is 4.40. The highest BCUT2D eigenvalue weighted by Gasteiger charge is 2.66. The number of rotatable bonds is 5. The first-order chi connectivity index (χ1) is 18.5. The number of carbonyl (C=O) groups excluding carboxylic acids is 1. The Balaban J connectivity index is 1.54. The van der Waals surface area contributed by atoms with Gasteiger partial charge in [-0.15, -0.1) is 0 Å². The fourth-order valence-electron chi connectivity index (χ4n) is 5.44. The molecule has 0 saturated carbocycles. The maximum atomic E-state index is 15.6. The average Bonchev–Trinajstić information content (AvgIpc) is 3.35. The van der Waals surface area contributed by atoms with Crippen LogP contribution in [0.2, 0.25) is 0 Å². The van der Waals surface area contributed by atoms with Crippen LogP contribution in [0.15, 0.2) is 61.1 Å². The van der Waals surface area contributed by atoms with Crippen LogP contribution in [0.1, 0.15) is 35.0 Å². The molecule has 2 aliphatic heterocycles. The number of nitrogens with one attached hydrogen (secondary N) is 3. The molecule has 1 spiro atoms. The van der Waals surface area contributed by atoms with Gasteiger partial charge in [-0.1, -0.05) is 6.07 Å². The summed E-state index contributed by atoms with van der Waals surface area (Å²) >= 11 is 0. The normalized spacial score (nSPS) is 24.5. The first-order valence-corrected chi connectivity index (χ1v) is 13.6. The fraction of sp³-hybridized carbons (Fsp3) is 0.308. The van der Waals surface area contributed by atoms with E-state index < -0.39 is 43.8 Å².